The van der Waals surface area contributed by atoms with Crippen LogP contribution in [0.25, 0.3) is 0 Å². The highest BCUT2D eigenvalue weighted by Gasteiger charge is 2.37. The number of carbonyl (C=O) groups excluding carboxylic acids is 1. The fourth-order valence-electron chi connectivity index (χ4n) is 2.29. The summed E-state index contributed by atoms with van der Waals surface area (Å²) in [6.45, 7) is 9.30. The van der Waals surface area contributed by atoms with E-state index in [0.29, 0.717) is 19.6 Å². The van der Waals surface area contributed by atoms with Crippen LogP contribution in [0, 0.1) is 0 Å². The quantitative estimate of drug-likeness (QED) is 0.735. The zero-order valence-electron chi connectivity index (χ0n) is 13.6. The molecule has 1 aromatic rings. The van der Waals surface area contributed by atoms with Crippen molar-refractivity contribution in [2.75, 3.05) is 13.2 Å². The van der Waals surface area contributed by atoms with Gasteiger partial charge in [0.1, 0.15) is 5.54 Å². The second kappa shape index (κ2) is 7.57. The average molecular weight is 292 g/mol. The maximum Gasteiger partial charge on any atom is 0.242 e. The molecular formula is C17H28N2O2. The molecule has 0 aliphatic rings. The van der Waals surface area contributed by atoms with Gasteiger partial charge in [-0.1, -0.05) is 44.2 Å². The topological polar surface area (TPSA) is 64.3 Å². The number of ether oxygens (including phenoxy) is 1. The van der Waals surface area contributed by atoms with Gasteiger partial charge in [-0.15, -0.1) is 0 Å². The standard InChI is InChI=1S/C17H28N2O2/c1-5-16(3,4)21-13-12-17(15(18)20,19-6-2)14-10-8-7-9-11-14/h7-11,19H,5-6,12-13H2,1-4H3,(H2,18,20). The van der Waals surface area contributed by atoms with Crippen LogP contribution in [0.1, 0.15) is 46.1 Å². The number of carbonyl (C=O) groups is 1. The van der Waals surface area contributed by atoms with E-state index in [2.05, 4.69) is 26.1 Å². The Labute approximate surface area is 128 Å². The highest BCUT2D eigenvalue weighted by molar-refractivity contribution is 5.86. The molecule has 1 unspecified atom stereocenters. The Hall–Kier alpha value is -1.39. The number of rotatable bonds is 9. The molecule has 0 aliphatic heterocycles. The lowest BCUT2D eigenvalue weighted by Gasteiger charge is -2.33. The fraction of sp³-hybridized carbons (Fsp3) is 0.588. The van der Waals surface area contributed by atoms with Crippen LogP contribution in [0.3, 0.4) is 0 Å². The molecule has 4 nitrogen and oxygen atoms in total. The minimum atomic E-state index is -0.875. The molecule has 1 rings (SSSR count). The molecule has 0 spiro atoms. The summed E-state index contributed by atoms with van der Waals surface area (Å²) in [5, 5.41) is 3.26. The Morgan fingerprint density at radius 2 is 1.86 bits per heavy atom. The highest BCUT2D eigenvalue weighted by atomic mass is 16.5. The van der Waals surface area contributed by atoms with Gasteiger partial charge in [0, 0.05) is 13.0 Å². The van der Waals surface area contributed by atoms with E-state index in [0.717, 1.165) is 12.0 Å². The first-order valence-corrected chi connectivity index (χ1v) is 7.62. The van der Waals surface area contributed by atoms with Crippen LogP contribution in [0.15, 0.2) is 30.3 Å². The van der Waals surface area contributed by atoms with Gasteiger partial charge in [-0.25, -0.2) is 0 Å². The van der Waals surface area contributed by atoms with Crippen molar-refractivity contribution in [3.8, 4) is 0 Å². The third kappa shape index (κ3) is 4.55. The van der Waals surface area contributed by atoms with E-state index in [1.807, 2.05) is 37.3 Å². The van der Waals surface area contributed by atoms with Crippen LogP contribution in [-0.4, -0.2) is 24.7 Å². The molecular weight excluding hydrogens is 264 g/mol. The number of nitrogens with two attached hydrogens (primary N) is 1. The van der Waals surface area contributed by atoms with Crippen molar-refractivity contribution in [2.45, 2.75) is 51.7 Å². The summed E-state index contributed by atoms with van der Waals surface area (Å²) in [6, 6.07) is 9.62. The molecule has 0 saturated heterocycles. The molecule has 4 heteroatoms. The number of benzene rings is 1. The van der Waals surface area contributed by atoms with Crippen LogP contribution in [-0.2, 0) is 15.1 Å². The van der Waals surface area contributed by atoms with Crippen molar-refractivity contribution in [1.29, 1.82) is 0 Å². The van der Waals surface area contributed by atoms with Gasteiger partial charge in [0.2, 0.25) is 5.91 Å². The van der Waals surface area contributed by atoms with Crippen molar-refractivity contribution < 1.29 is 9.53 Å². The monoisotopic (exact) mass is 292 g/mol. The summed E-state index contributed by atoms with van der Waals surface area (Å²) in [7, 11) is 0. The summed E-state index contributed by atoms with van der Waals surface area (Å²) in [5.74, 6) is -0.367. The minimum Gasteiger partial charge on any atom is -0.375 e. The minimum absolute atomic E-state index is 0.188. The Morgan fingerprint density at radius 3 is 2.33 bits per heavy atom. The Morgan fingerprint density at radius 1 is 1.24 bits per heavy atom. The van der Waals surface area contributed by atoms with Gasteiger partial charge < -0.3 is 10.5 Å². The highest BCUT2D eigenvalue weighted by Crippen LogP contribution is 2.26. The van der Waals surface area contributed by atoms with Gasteiger partial charge in [0.25, 0.3) is 0 Å². The first-order valence-electron chi connectivity index (χ1n) is 7.62. The lowest BCUT2D eigenvalue weighted by molar-refractivity contribution is -0.126. The van der Waals surface area contributed by atoms with Crippen LogP contribution in [0.5, 0.6) is 0 Å². The first-order chi connectivity index (χ1) is 9.88. The molecule has 1 amide bonds. The maximum absolute atomic E-state index is 12.1. The summed E-state index contributed by atoms with van der Waals surface area (Å²) in [4.78, 5) is 12.1. The predicted octanol–water partition coefficient (Wildman–Crippen LogP) is 2.57. The second-order valence-electron chi connectivity index (χ2n) is 5.88. The van der Waals surface area contributed by atoms with Crippen LogP contribution in [0.2, 0.25) is 0 Å². The molecule has 21 heavy (non-hydrogen) atoms. The van der Waals surface area contributed by atoms with Gasteiger partial charge in [-0.3, -0.25) is 10.1 Å². The maximum atomic E-state index is 12.1. The summed E-state index contributed by atoms with van der Waals surface area (Å²) in [6.07, 6.45) is 1.44. The van der Waals surface area contributed by atoms with Crippen molar-refractivity contribution in [3.05, 3.63) is 35.9 Å². The molecule has 3 N–H and O–H groups in total. The zero-order valence-corrected chi connectivity index (χ0v) is 13.6. The molecule has 1 atom stereocenters. The molecule has 1 aromatic carbocycles. The SMILES string of the molecule is CCNC(CCOC(C)(C)CC)(C(N)=O)c1ccccc1. The third-order valence-corrected chi connectivity index (χ3v) is 3.99. The Bertz CT molecular complexity index is 445. The molecule has 0 saturated carbocycles. The van der Waals surface area contributed by atoms with E-state index in [9.17, 15) is 4.79 Å². The number of likely N-dealkylation sites (N-methyl/N-ethyl adjacent to an activating group) is 1. The number of primary amides is 1. The summed E-state index contributed by atoms with van der Waals surface area (Å²) >= 11 is 0. The predicted molar refractivity (Wildman–Crippen MR) is 85.9 cm³/mol. The summed E-state index contributed by atoms with van der Waals surface area (Å²) in [5.41, 5.74) is 5.54. The Balaban J connectivity index is 2.95. The Kier molecular flexibility index (Phi) is 6.37. The first kappa shape index (κ1) is 17.7. The number of hydrogen-bond acceptors (Lipinski definition) is 3. The van der Waals surface area contributed by atoms with Gasteiger partial charge in [-0.2, -0.15) is 0 Å². The lowest BCUT2D eigenvalue weighted by Crippen LogP contribution is -2.53. The van der Waals surface area contributed by atoms with Crippen molar-refractivity contribution in [1.82, 2.24) is 5.32 Å². The van der Waals surface area contributed by atoms with Gasteiger partial charge in [0.05, 0.1) is 5.60 Å². The molecule has 0 fully saturated rings. The van der Waals surface area contributed by atoms with Gasteiger partial charge in [0.15, 0.2) is 0 Å². The van der Waals surface area contributed by atoms with Crippen molar-refractivity contribution in [2.24, 2.45) is 5.73 Å². The van der Waals surface area contributed by atoms with Crippen LogP contribution in [0.4, 0.5) is 0 Å². The molecule has 0 aromatic heterocycles. The molecule has 118 valence electrons. The summed E-state index contributed by atoms with van der Waals surface area (Å²) < 4.78 is 5.90. The molecule has 0 aliphatic carbocycles. The van der Waals surface area contributed by atoms with E-state index in [1.54, 1.807) is 0 Å². The lowest BCUT2D eigenvalue weighted by atomic mass is 9.86. The second-order valence-corrected chi connectivity index (χ2v) is 5.88. The average Bonchev–Trinajstić information content (AvgIpc) is 2.47. The van der Waals surface area contributed by atoms with E-state index >= 15 is 0 Å². The molecule has 0 heterocycles. The van der Waals surface area contributed by atoms with E-state index < -0.39 is 5.54 Å². The van der Waals surface area contributed by atoms with E-state index in [-0.39, 0.29) is 11.5 Å². The van der Waals surface area contributed by atoms with Crippen molar-refractivity contribution >= 4 is 5.91 Å². The largest absolute Gasteiger partial charge is 0.375 e. The smallest absolute Gasteiger partial charge is 0.242 e. The number of hydrogen-bond donors (Lipinski definition) is 2. The van der Waals surface area contributed by atoms with Gasteiger partial charge >= 0.3 is 0 Å². The van der Waals surface area contributed by atoms with Crippen LogP contribution < -0.4 is 11.1 Å². The zero-order chi connectivity index (χ0) is 15.9. The van der Waals surface area contributed by atoms with E-state index in [4.69, 9.17) is 10.5 Å². The third-order valence-electron chi connectivity index (χ3n) is 3.99. The normalized spacial score (nSPS) is 14.7. The van der Waals surface area contributed by atoms with Crippen LogP contribution >= 0.6 is 0 Å². The molecule has 0 radical (unpaired) electrons. The van der Waals surface area contributed by atoms with Crippen molar-refractivity contribution in [3.63, 3.8) is 0 Å². The number of nitrogens with one attached hydrogen (secondary N) is 1. The van der Waals surface area contributed by atoms with Gasteiger partial charge in [-0.05, 0) is 32.4 Å². The van der Waals surface area contributed by atoms with E-state index in [1.165, 1.54) is 0 Å². The fourth-order valence-corrected chi connectivity index (χ4v) is 2.29. The number of amides is 1. The molecule has 0 bridgehead atoms.